The fourth-order valence-corrected chi connectivity index (χ4v) is 2.69. The quantitative estimate of drug-likeness (QED) is 0.527. The molecule has 0 saturated heterocycles. The Morgan fingerprint density at radius 2 is 1.91 bits per heavy atom. The number of fused-ring (bicyclic) bond motifs is 1. The minimum Gasteiger partial charge on any atom is -0.497 e. The van der Waals surface area contributed by atoms with E-state index in [2.05, 4.69) is 21.0 Å². The van der Waals surface area contributed by atoms with Crippen molar-refractivity contribution in [3.63, 3.8) is 0 Å². The number of nitrogens with zero attached hydrogens (tertiary/aromatic N) is 2. The summed E-state index contributed by atoms with van der Waals surface area (Å²) in [6.45, 7) is 1.37. The number of aromatic nitrogens is 2. The van der Waals surface area contributed by atoms with Gasteiger partial charge in [0.1, 0.15) is 17.0 Å². The Kier molecular flexibility index (Phi) is 3.85. The molecule has 0 spiro atoms. The summed E-state index contributed by atoms with van der Waals surface area (Å²) in [7, 11) is 1.63. The average molecular weight is 361 g/mol. The van der Waals surface area contributed by atoms with Gasteiger partial charge in [-0.1, -0.05) is 0 Å². The molecular formula is C16H13BrN2O3. The van der Waals surface area contributed by atoms with E-state index < -0.39 is 0 Å². The summed E-state index contributed by atoms with van der Waals surface area (Å²) in [4.78, 5) is 11.1. The lowest BCUT2D eigenvalue weighted by Gasteiger charge is -2.02. The van der Waals surface area contributed by atoms with Crippen LogP contribution in [0.25, 0.3) is 16.6 Å². The van der Waals surface area contributed by atoms with Crippen LogP contribution in [0.1, 0.15) is 6.92 Å². The van der Waals surface area contributed by atoms with Crippen molar-refractivity contribution in [2.24, 2.45) is 0 Å². The summed E-state index contributed by atoms with van der Waals surface area (Å²) >= 11 is 3.46. The van der Waals surface area contributed by atoms with Crippen LogP contribution in [-0.4, -0.2) is 22.9 Å². The molecule has 0 aliphatic heterocycles. The molecule has 0 radical (unpaired) electrons. The van der Waals surface area contributed by atoms with E-state index >= 15 is 0 Å². The third-order valence-corrected chi connectivity index (χ3v) is 3.74. The predicted molar refractivity (Wildman–Crippen MR) is 86.6 cm³/mol. The van der Waals surface area contributed by atoms with Gasteiger partial charge in [-0.25, -0.2) is 4.68 Å². The third kappa shape index (κ3) is 2.82. The second kappa shape index (κ2) is 5.81. The molecule has 0 unspecified atom stereocenters. The van der Waals surface area contributed by atoms with E-state index in [0.29, 0.717) is 5.75 Å². The number of carbonyl (C=O) groups is 1. The second-order valence-corrected chi connectivity index (χ2v) is 5.56. The highest BCUT2D eigenvalue weighted by molar-refractivity contribution is 9.10. The Hall–Kier alpha value is -2.34. The van der Waals surface area contributed by atoms with Gasteiger partial charge in [-0.2, -0.15) is 5.10 Å². The van der Waals surface area contributed by atoms with Gasteiger partial charge >= 0.3 is 5.97 Å². The zero-order valence-corrected chi connectivity index (χ0v) is 13.6. The first-order valence-electron chi connectivity index (χ1n) is 6.58. The molecule has 5 nitrogen and oxygen atoms in total. The number of rotatable bonds is 3. The molecule has 3 aromatic rings. The SMILES string of the molecule is COc1ccc(-n2cc3cc(OC(C)=O)cc(Br)c3n2)cc1. The third-order valence-electron chi connectivity index (χ3n) is 3.13. The van der Waals surface area contributed by atoms with Crippen molar-refractivity contribution in [2.45, 2.75) is 6.92 Å². The second-order valence-electron chi connectivity index (χ2n) is 4.71. The van der Waals surface area contributed by atoms with Gasteiger partial charge in [0.25, 0.3) is 0 Å². The first-order valence-corrected chi connectivity index (χ1v) is 7.38. The van der Waals surface area contributed by atoms with Crippen LogP contribution in [0.5, 0.6) is 11.5 Å². The summed E-state index contributed by atoms with van der Waals surface area (Å²) in [6.07, 6.45) is 1.88. The molecule has 1 heterocycles. The number of esters is 1. The Morgan fingerprint density at radius 1 is 1.18 bits per heavy atom. The minimum atomic E-state index is -0.353. The number of methoxy groups -OCH3 is 1. The summed E-state index contributed by atoms with van der Waals surface area (Å²) < 4.78 is 12.8. The molecule has 0 atom stereocenters. The topological polar surface area (TPSA) is 53.4 Å². The molecule has 112 valence electrons. The summed E-state index contributed by atoms with van der Waals surface area (Å²) in [5, 5.41) is 5.42. The number of carbonyl (C=O) groups excluding carboxylic acids is 1. The van der Waals surface area contributed by atoms with E-state index in [-0.39, 0.29) is 5.97 Å². The van der Waals surface area contributed by atoms with Crippen molar-refractivity contribution in [1.82, 2.24) is 9.78 Å². The molecule has 0 bridgehead atoms. The van der Waals surface area contributed by atoms with Crippen LogP contribution >= 0.6 is 15.9 Å². The van der Waals surface area contributed by atoms with Gasteiger partial charge in [0.05, 0.1) is 12.8 Å². The minimum absolute atomic E-state index is 0.353. The predicted octanol–water partition coefficient (Wildman–Crippen LogP) is 3.72. The normalized spacial score (nSPS) is 10.7. The van der Waals surface area contributed by atoms with Crippen molar-refractivity contribution < 1.29 is 14.3 Å². The van der Waals surface area contributed by atoms with Gasteiger partial charge in [-0.3, -0.25) is 4.79 Å². The highest BCUT2D eigenvalue weighted by Crippen LogP contribution is 2.29. The molecule has 0 N–H and O–H groups in total. The van der Waals surface area contributed by atoms with E-state index in [1.807, 2.05) is 30.5 Å². The number of ether oxygens (including phenoxy) is 2. The van der Waals surface area contributed by atoms with E-state index in [4.69, 9.17) is 9.47 Å². The van der Waals surface area contributed by atoms with Crippen molar-refractivity contribution in [3.8, 4) is 17.2 Å². The van der Waals surface area contributed by atoms with Crippen molar-refractivity contribution in [2.75, 3.05) is 7.11 Å². The standard InChI is InChI=1S/C16H13BrN2O3/c1-10(20)22-14-7-11-9-19(18-16(11)15(17)8-14)12-3-5-13(21-2)6-4-12/h3-9H,1-2H3. The van der Waals surface area contributed by atoms with Gasteiger partial charge in [-0.15, -0.1) is 0 Å². The highest BCUT2D eigenvalue weighted by atomic mass is 79.9. The Balaban J connectivity index is 2.04. The van der Waals surface area contributed by atoms with Crippen LogP contribution in [0.4, 0.5) is 0 Å². The van der Waals surface area contributed by atoms with E-state index in [1.165, 1.54) is 6.92 Å². The Bertz CT molecular complexity index is 840. The lowest BCUT2D eigenvalue weighted by Crippen LogP contribution is -2.01. The zero-order valence-electron chi connectivity index (χ0n) is 12.0. The van der Waals surface area contributed by atoms with Crippen LogP contribution in [0.3, 0.4) is 0 Å². The van der Waals surface area contributed by atoms with Gasteiger partial charge in [0, 0.05) is 23.0 Å². The zero-order chi connectivity index (χ0) is 15.7. The summed E-state index contributed by atoms with van der Waals surface area (Å²) in [6, 6.07) is 11.1. The van der Waals surface area contributed by atoms with E-state index in [1.54, 1.807) is 23.9 Å². The van der Waals surface area contributed by atoms with Crippen LogP contribution in [-0.2, 0) is 4.79 Å². The maximum Gasteiger partial charge on any atom is 0.308 e. The first kappa shape index (κ1) is 14.6. The Morgan fingerprint density at radius 3 is 2.55 bits per heavy atom. The average Bonchev–Trinajstić information content (AvgIpc) is 2.91. The molecule has 22 heavy (non-hydrogen) atoms. The highest BCUT2D eigenvalue weighted by Gasteiger charge is 2.10. The van der Waals surface area contributed by atoms with Crippen molar-refractivity contribution in [3.05, 3.63) is 47.1 Å². The van der Waals surface area contributed by atoms with Gasteiger partial charge < -0.3 is 9.47 Å². The van der Waals surface area contributed by atoms with Crippen LogP contribution < -0.4 is 9.47 Å². The molecule has 6 heteroatoms. The van der Waals surface area contributed by atoms with Crippen molar-refractivity contribution in [1.29, 1.82) is 0 Å². The smallest absolute Gasteiger partial charge is 0.308 e. The lowest BCUT2D eigenvalue weighted by molar-refractivity contribution is -0.131. The number of benzene rings is 2. The largest absolute Gasteiger partial charge is 0.497 e. The first-order chi connectivity index (χ1) is 10.6. The molecule has 3 rings (SSSR count). The monoisotopic (exact) mass is 360 g/mol. The number of halogens is 1. The maximum atomic E-state index is 11.1. The maximum absolute atomic E-state index is 11.1. The molecule has 0 aliphatic carbocycles. The van der Waals surface area contributed by atoms with Gasteiger partial charge in [-0.05, 0) is 52.3 Å². The summed E-state index contributed by atoms with van der Waals surface area (Å²) in [5.41, 5.74) is 1.71. The fourth-order valence-electron chi connectivity index (χ4n) is 2.16. The number of hydrogen-bond donors (Lipinski definition) is 0. The fraction of sp³-hybridized carbons (Fsp3) is 0.125. The summed E-state index contributed by atoms with van der Waals surface area (Å²) in [5.74, 6) is 0.925. The molecule has 0 fully saturated rings. The Labute approximate surface area is 135 Å². The number of hydrogen-bond acceptors (Lipinski definition) is 4. The van der Waals surface area contributed by atoms with Crippen molar-refractivity contribution >= 4 is 32.8 Å². The molecule has 0 amide bonds. The molecular weight excluding hydrogens is 348 g/mol. The van der Waals surface area contributed by atoms with Gasteiger partial charge in [0.15, 0.2) is 0 Å². The molecule has 1 aromatic heterocycles. The molecule has 0 aliphatic rings. The van der Waals surface area contributed by atoms with Crippen LogP contribution in [0, 0.1) is 0 Å². The van der Waals surface area contributed by atoms with E-state index in [9.17, 15) is 4.79 Å². The van der Waals surface area contributed by atoms with Crippen LogP contribution in [0.15, 0.2) is 47.1 Å². The molecule has 0 saturated carbocycles. The van der Waals surface area contributed by atoms with E-state index in [0.717, 1.165) is 26.8 Å². The lowest BCUT2D eigenvalue weighted by atomic mass is 10.2. The van der Waals surface area contributed by atoms with Gasteiger partial charge in [0.2, 0.25) is 0 Å². The molecule has 2 aromatic carbocycles. The van der Waals surface area contributed by atoms with Crippen LogP contribution in [0.2, 0.25) is 0 Å².